The highest BCUT2D eigenvalue weighted by Crippen LogP contribution is 2.35. The molecule has 1 aromatic heterocycles. The van der Waals surface area contributed by atoms with E-state index in [1.165, 1.54) is 11.1 Å². The number of carboxylic acid groups (broad SMARTS) is 1. The number of hydrogen-bond donors (Lipinski definition) is 1. The Balaban J connectivity index is 1.68. The molecule has 0 saturated carbocycles. The van der Waals surface area contributed by atoms with E-state index in [0.29, 0.717) is 0 Å². The maximum Gasteiger partial charge on any atom is 0.335 e. The van der Waals surface area contributed by atoms with E-state index in [1.807, 2.05) is 18.2 Å². The number of anilines is 1. The van der Waals surface area contributed by atoms with Gasteiger partial charge in [0, 0.05) is 24.0 Å². The number of benzene rings is 3. The van der Waals surface area contributed by atoms with Crippen molar-refractivity contribution in [1.29, 1.82) is 0 Å². The first-order chi connectivity index (χ1) is 14.2. The highest BCUT2D eigenvalue weighted by Gasteiger charge is 2.21. The second-order valence-electron chi connectivity index (χ2n) is 7.38. The summed E-state index contributed by atoms with van der Waals surface area (Å²) in [6.07, 6.45) is 0.984. The van der Waals surface area contributed by atoms with Gasteiger partial charge in [-0.2, -0.15) is 0 Å². The predicted octanol–water partition coefficient (Wildman–Crippen LogP) is 5.16. The van der Waals surface area contributed by atoms with Gasteiger partial charge in [-0.3, -0.25) is 0 Å². The standard InChI is InChI=1S/C25H20N2O2/c28-25(29)19-10-11-22-21(14-19)15-23(24(26-22)18-7-2-1-3-8-18)27-13-12-17-6-4-5-9-20(17)16-27/h1-11,14-15H,12-13,16H2,(H,28,29). The minimum Gasteiger partial charge on any atom is -0.478 e. The number of fused-ring (bicyclic) bond motifs is 2. The fourth-order valence-electron chi connectivity index (χ4n) is 4.05. The van der Waals surface area contributed by atoms with E-state index in [0.717, 1.165) is 47.4 Å². The molecule has 0 amide bonds. The lowest BCUT2D eigenvalue weighted by Crippen LogP contribution is -2.30. The summed E-state index contributed by atoms with van der Waals surface area (Å²) < 4.78 is 0. The van der Waals surface area contributed by atoms with Gasteiger partial charge in [0.15, 0.2) is 0 Å². The van der Waals surface area contributed by atoms with Crippen LogP contribution in [0.3, 0.4) is 0 Å². The Labute approximate surface area is 169 Å². The van der Waals surface area contributed by atoms with Crippen molar-refractivity contribution >= 4 is 22.6 Å². The van der Waals surface area contributed by atoms with E-state index in [1.54, 1.807) is 18.2 Å². The molecule has 0 fully saturated rings. The second kappa shape index (κ2) is 7.06. The third kappa shape index (κ3) is 3.23. The third-order valence-corrected chi connectivity index (χ3v) is 5.56. The number of carboxylic acids is 1. The van der Waals surface area contributed by atoms with Crippen LogP contribution in [-0.4, -0.2) is 22.6 Å². The van der Waals surface area contributed by atoms with Crippen molar-refractivity contribution in [3.63, 3.8) is 0 Å². The van der Waals surface area contributed by atoms with Crippen molar-refractivity contribution < 1.29 is 9.90 Å². The minimum atomic E-state index is -0.924. The van der Waals surface area contributed by atoms with Gasteiger partial charge in [-0.1, -0.05) is 54.6 Å². The molecule has 0 aliphatic carbocycles. The Morgan fingerprint density at radius 1 is 0.897 bits per heavy atom. The molecule has 3 aromatic carbocycles. The van der Waals surface area contributed by atoms with E-state index in [-0.39, 0.29) is 5.56 Å². The lowest BCUT2D eigenvalue weighted by Gasteiger charge is -2.32. The Morgan fingerprint density at radius 2 is 1.66 bits per heavy atom. The zero-order chi connectivity index (χ0) is 19.8. The number of rotatable bonds is 3. The van der Waals surface area contributed by atoms with Gasteiger partial charge < -0.3 is 10.0 Å². The number of hydrogen-bond acceptors (Lipinski definition) is 3. The molecule has 5 rings (SSSR count). The molecule has 4 nitrogen and oxygen atoms in total. The van der Waals surface area contributed by atoms with Gasteiger partial charge in [-0.15, -0.1) is 0 Å². The van der Waals surface area contributed by atoms with Crippen LogP contribution in [0.15, 0.2) is 78.9 Å². The number of aromatic nitrogens is 1. The Hall–Kier alpha value is -3.66. The fraction of sp³-hybridized carbons (Fsp3) is 0.120. The molecule has 0 spiro atoms. The maximum atomic E-state index is 11.4. The van der Waals surface area contributed by atoms with Crippen molar-refractivity contribution in [1.82, 2.24) is 4.98 Å². The molecule has 0 radical (unpaired) electrons. The largest absolute Gasteiger partial charge is 0.478 e. The highest BCUT2D eigenvalue weighted by atomic mass is 16.4. The van der Waals surface area contributed by atoms with Crippen molar-refractivity contribution in [2.24, 2.45) is 0 Å². The van der Waals surface area contributed by atoms with E-state index in [9.17, 15) is 9.90 Å². The maximum absolute atomic E-state index is 11.4. The van der Waals surface area contributed by atoms with Crippen molar-refractivity contribution in [2.45, 2.75) is 13.0 Å². The van der Waals surface area contributed by atoms with Crippen LogP contribution in [0, 0.1) is 0 Å². The fourth-order valence-corrected chi connectivity index (χ4v) is 4.05. The van der Waals surface area contributed by atoms with Gasteiger partial charge in [0.2, 0.25) is 0 Å². The summed E-state index contributed by atoms with van der Waals surface area (Å²) in [5.74, 6) is -0.924. The summed E-state index contributed by atoms with van der Waals surface area (Å²) in [6.45, 7) is 1.73. The molecular weight excluding hydrogens is 360 g/mol. The first-order valence-electron chi connectivity index (χ1n) is 9.74. The summed E-state index contributed by atoms with van der Waals surface area (Å²) in [7, 11) is 0. The van der Waals surface area contributed by atoms with E-state index < -0.39 is 5.97 Å². The molecular formula is C25H20N2O2. The van der Waals surface area contributed by atoms with Gasteiger partial charge in [0.05, 0.1) is 22.5 Å². The molecule has 4 heteroatoms. The van der Waals surface area contributed by atoms with Crippen LogP contribution in [-0.2, 0) is 13.0 Å². The average Bonchev–Trinajstić information content (AvgIpc) is 2.78. The number of aromatic carboxylic acids is 1. The quantitative estimate of drug-likeness (QED) is 0.533. The summed E-state index contributed by atoms with van der Waals surface area (Å²) in [5.41, 5.74) is 6.84. The van der Waals surface area contributed by atoms with Crippen LogP contribution in [0.5, 0.6) is 0 Å². The normalized spacial score (nSPS) is 13.3. The van der Waals surface area contributed by atoms with Crippen LogP contribution in [0.2, 0.25) is 0 Å². The molecule has 29 heavy (non-hydrogen) atoms. The molecule has 2 heterocycles. The Kier molecular flexibility index (Phi) is 4.24. The number of nitrogens with zero attached hydrogens (tertiary/aromatic N) is 2. The monoisotopic (exact) mass is 380 g/mol. The van der Waals surface area contributed by atoms with Crippen molar-refractivity contribution in [2.75, 3.05) is 11.4 Å². The van der Waals surface area contributed by atoms with Crippen molar-refractivity contribution in [3.8, 4) is 11.3 Å². The first kappa shape index (κ1) is 17.4. The van der Waals surface area contributed by atoms with Crippen LogP contribution >= 0.6 is 0 Å². The zero-order valence-corrected chi connectivity index (χ0v) is 15.9. The first-order valence-corrected chi connectivity index (χ1v) is 9.74. The van der Waals surface area contributed by atoms with Gasteiger partial charge in [0.25, 0.3) is 0 Å². The lowest BCUT2D eigenvalue weighted by atomic mass is 9.98. The minimum absolute atomic E-state index is 0.279. The highest BCUT2D eigenvalue weighted by molar-refractivity contribution is 5.96. The molecule has 1 N–H and O–H groups in total. The topological polar surface area (TPSA) is 53.4 Å². The average molecular weight is 380 g/mol. The molecule has 0 atom stereocenters. The molecule has 0 saturated heterocycles. The van der Waals surface area contributed by atoms with Crippen LogP contribution in [0.1, 0.15) is 21.5 Å². The summed E-state index contributed by atoms with van der Waals surface area (Å²) in [5, 5.41) is 10.2. The Morgan fingerprint density at radius 3 is 2.45 bits per heavy atom. The van der Waals surface area contributed by atoms with Crippen LogP contribution < -0.4 is 4.90 Å². The second-order valence-corrected chi connectivity index (χ2v) is 7.38. The molecule has 0 bridgehead atoms. The smallest absolute Gasteiger partial charge is 0.335 e. The summed E-state index contributed by atoms with van der Waals surface area (Å²) in [4.78, 5) is 18.7. The lowest BCUT2D eigenvalue weighted by molar-refractivity contribution is 0.0697. The third-order valence-electron chi connectivity index (χ3n) is 5.56. The summed E-state index contributed by atoms with van der Waals surface area (Å²) in [6, 6.07) is 25.9. The molecule has 1 aliphatic heterocycles. The van der Waals surface area contributed by atoms with Gasteiger partial charge in [-0.05, 0) is 41.8 Å². The predicted molar refractivity (Wildman–Crippen MR) is 115 cm³/mol. The zero-order valence-electron chi connectivity index (χ0n) is 15.9. The number of pyridine rings is 1. The number of carbonyl (C=O) groups is 1. The molecule has 142 valence electrons. The molecule has 1 aliphatic rings. The van der Waals surface area contributed by atoms with Gasteiger partial charge in [-0.25, -0.2) is 9.78 Å². The van der Waals surface area contributed by atoms with Crippen LogP contribution in [0.25, 0.3) is 22.2 Å². The Bertz CT molecular complexity index is 1220. The molecule has 4 aromatic rings. The van der Waals surface area contributed by atoms with E-state index >= 15 is 0 Å². The van der Waals surface area contributed by atoms with Gasteiger partial charge in [0.1, 0.15) is 0 Å². The SMILES string of the molecule is O=C(O)c1ccc2nc(-c3ccccc3)c(N3CCc4ccccc4C3)cc2c1. The summed E-state index contributed by atoms with van der Waals surface area (Å²) >= 11 is 0. The van der Waals surface area contributed by atoms with Crippen LogP contribution in [0.4, 0.5) is 5.69 Å². The molecule has 0 unspecified atom stereocenters. The van der Waals surface area contributed by atoms with E-state index in [2.05, 4.69) is 47.4 Å². The van der Waals surface area contributed by atoms with Crippen molar-refractivity contribution in [3.05, 3.63) is 95.6 Å². The van der Waals surface area contributed by atoms with Gasteiger partial charge >= 0.3 is 5.97 Å². The van der Waals surface area contributed by atoms with E-state index in [4.69, 9.17) is 4.98 Å².